The average Bonchev–Trinajstić information content (AvgIpc) is 2.55. The summed E-state index contributed by atoms with van der Waals surface area (Å²) in [6, 6.07) is 14.9. The minimum absolute atomic E-state index is 0.0302. The summed E-state index contributed by atoms with van der Waals surface area (Å²) in [6.45, 7) is 3.90. The number of aliphatic hydroxyl groups is 1. The largest absolute Gasteiger partial charge is 0.496 e. The van der Waals surface area contributed by atoms with Crippen molar-refractivity contribution in [2.75, 3.05) is 7.11 Å². The van der Waals surface area contributed by atoms with Crippen molar-refractivity contribution < 1.29 is 14.6 Å². The van der Waals surface area contributed by atoms with Crippen molar-refractivity contribution in [1.29, 1.82) is 0 Å². The number of benzene rings is 2. The van der Waals surface area contributed by atoms with Crippen LogP contribution in [0, 0.1) is 6.92 Å². The van der Waals surface area contributed by atoms with Crippen LogP contribution in [0.4, 0.5) is 0 Å². The Hall–Kier alpha value is -2.33. The number of hydrogen-bond acceptors (Lipinski definition) is 3. The minimum Gasteiger partial charge on any atom is -0.496 e. The van der Waals surface area contributed by atoms with Crippen LogP contribution >= 0.6 is 0 Å². The number of amides is 1. The molecule has 0 saturated heterocycles. The van der Waals surface area contributed by atoms with Crippen LogP contribution in [0.2, 0.25) is 0 Å². The molecule has 0 radical (unpaired) electrons. The summed E-state index contributed by atoms with van der Waals surface area (Å²) in [6.07, 6.45) is -0.773. The topological polar surface area (TPSA) is 58.6 Å². The van der Waals surface area contributed by atoms with Gasteiger partial charge < -0.3 is 15.2 Å². The fourth-order valence-electron chi connectivity index (χ4n) is 2.54. The second-order valence-corrected chi connectivity index (χ2v) is 5.67. The molecule has 0 fully saturated rings. The van der Waals surface area contributed by atoms with Crippen LogP contribution < -0.4 is 10.1 Å². The molecule has 4 nitrogen and oxygen atoms in total. The highest BCUT2D eigenvalue weighted by Crippen LogP contribution is 2.26. The maximum atomic E-state index is 12.2. The summed E-state index contributed by atoms with van der Waals surface area (Å²) in [7, 11) is 1.61. The van der Waals surface area contributed by atoms with E-state index in [0.29, 0.717) is 0 Å². The number of rotatable bonds is 6. The summed E-state index contributed by atoms with van der Waals surface area (Å²) in [4.78, 5) is 12.2. The van der Waals surface area contributed by atoms with Gasteiger partial charge in [0.15, 0.2) is 0 Å². The zero-order chi connectivity index (χ0) is 16.8. The third-order valence-corrected chi connectivity index (χ3v) is 3.79. The molecule has 23 heavy (non-hydrogen) atoms. The highest BCUT2D eigenvalue weighted by atomic mass is 16.5. The molecule has 2 aromatic carbocycles. The summed E-state index contributed by atoms with van der Waals surface area (Å²) in [5, 5.41) is 13.1. The summed E-state index contributed by atoms with van der Waals surface area (Å²) in [5.41, 5.74) is 2.77. The van der Waals surface area contributed by atoms with Crippen molar-refractivity contribution in [2.24, 2.45) is 0 Å². The molecule has 0 aliphatic heterocycles. The van der Waals surface area contributed by atoms with E-state index in [1.165, 1.54) is 0 Å². The van der Waals surface area contributed by atoms with Gasteiger partial charge in [-0.3, -0.25) is 4.79 Å². The van der Waals surface area contributed by atoms with Crippen molar-refractivity contribution in [3.63, 3.8) is 0 Å². The lowest BCUT2D eigenvalue weighted by molar-refractivity contribution is -0.123. The second-order valence-electron chi connectivity index (χ2n) is 5.67. The maximum Gasteiger partial charge on any atom is 0.223 e. The van der Waals surface area contributed by atoms with E-state index in [-0.39, 0.29) is 18.4 Å². The summed E-state index contributed by atoms with van der Waals surface area (Å²) < 4.78 is 5.35. The lowest BCUT2D eigenvalue weighted by Crippen LogP contribution is -2.28. The number of carbonyl (C=O) groups is 1. The second kappa shape index (κ2) is 7.79. The smallest absolute Gasteiger partial charge is 0.223 e. The molecule has 122 valence electrons. The number of aryl methyl sites for hydroxylation is 1. The van der Waals surface area contributed by atoms with Crippen molar-refractivity contribution in [1.82, 2.24) is 5.32 Å². The SMILES string of the molecule is COc1ccc(C)cc1C(C)NC(=O)CC(O)c1ccccc1. The van der Waals surface area contributed by atoms with Crippen LogP contribution in [-0.4, -0.2) is 18.1 Å². The first-order chi connectivity index (χ1) is 11.0. The van der Waals surface area contributed by atoms with Gasteiger partial charge in [-0.05, 0) is 25.5 Å². The minimum atomic E-state index is -0.803. The summed E-state index contributed by atoms with van der Waals surface area (Å²) in [5.74, 6) is 0.546. The first-order valence-corrected chi connectivity index (χ1v) is 7.68. The van der Waals surface area contributed by atoms with Crippen molar-refractivity contribution in [3.05, 3.63) is 65.2 Å². The zero-order valence-electron chi connectivity index (χ0n) is 13.7. The lowest BCUT2D eigenvalue weighted by Gasteiger charge is -2.19. The third-order valence-electron chi connectivity index (χ3n) is 3.79. The van der Waals surface area contributed by atoms with Gasteiger partial charge in [0.05, 0.1) is 25.7 Å². The predicted molar refractivity (Wildman–Crippen MR) is 90.3 cm³/mol. The number of ether oxygens (including phenoxy) is 1. The Labute approximate surface area is 137 Å². The number of aliphatic hydroxyl groups excluding tert-OH is 1. The molecule has 0 aliphatic carbocycles. The number of hydrogen-bond donors (Lipinski definition) is 2. The van der Waals surface area contributed by atoms with E-state index >= 15 is 0 Å². The normalized spacial score (nSPS) is 13.2. The Balaban J connectivity index is 2.01. The molecule has 2 atom stereocenters. The molecule has 0 heterocycles. The van der Waals surface area contributed by atoms with E-state index in [9.17, 15) is 9.90 Å². The van der Waals surface area contributed by atoms with Gasteiger partial charge in [-0.25, -0.2) is 0 Å². The number of nitrogens with one attached hydrogen (secondary N) is 1. The fraction of sp³-hybridized carbons (Fsp3) is 0.316. The van der Waals surface area contributed by atoms with E-state index in [0.717, 1.165) is 22.4 Å². The molecule has 0 spiro atoms. The van der Waals surface area contributed by atoms with Gasteiger partial charge in [-0.15, -0.1) is 0 Å². The van der Waals surface area contributed by atoms with E-state index in [1.54, 1.807) is 7.11 Å². The van der Waals surface area contributed by atoms with Crippen LogP contribution in [0.3, 0.4) is 0 Å². The molecule has 0 aliphatic rings. The van der Waals surface area contributed by atoms with Crippen molar-refractivity contribution >= 4 is 5.91 Å². The van der Waals surface area contributed by atoms with Gasteiger partial charge in [0.1, 0.15) is 5.75 Å². The quantitative estimate of drug-likeness (QED) is 0.860. The van der Waals surface area contributed by atoms with Crippen LogP contribution in [-0.2, 0) is 4.79 Å². The Kier molecular flexibility index (Phi) is 5.77. The molecule has 2 N–H and O–H groups in total. The van der Waals surface area contributed by atoms with E-state index in [1.807, 2.05) is 62.4 Å². The van der Waals surface area contributed by atoms with Gasteiger partial charge in [0.25, 0.3) is 0 Å². The molecule has 0 saturated carbocycles. The molecule has 2 unspecified atom stereocenters. The average molecular weight is 313 g/mol. The van der Waals surface area contributed by atoms with Crippen LogP contribution in [0.5, 0.6) is 5.75 Å². The molecular formula is C19H23NO3. The maximum absolute atomic E-state index is 12.2. The molecule has 2 aromatic rings. The zero-order valence-corrected chi connectivity index (χ0v) is 13.7. The number of methoxy groups -OCH3 is 1. The highest BCUT2D eigenvalue weighted by molar-refractivity contribution is 5.77. The van der Waals surface area contributed by atoms with Crippen LogP contribution in [0.15, 0.2) is 48.5 Å². The predicted octanol–water partition coefficient (Wildman–Crippen LogP) is 3.30. The lowest BCUT2D eigenvalue weighted by atomic mass is 10.0. The van der Waals surface area contributed by atoms with Crippen LogP contribution in [0.1, 0.15) is 42.2 Å². The van der Waals surface area contributed by atoms with Gasteiger partial charge in [-0.1, -0.05) is 48.0 Å². The molecule has 2 rings (SSSR count). The fourth-order valence-corrected chi connectivity index (χ4v) is 2.54. The van der Waals surface area contributed by atoms with Crippen molar-refractivity contribution in [2.45, 2.75) is 32.4 Å². The summed E-state index contributed by atoms with van der Waals surface area (Å²) >= 11 is 0. The number of carbonyl (C=O) groups excluding carboxylic acids is 1. The highest BCUT2D eigenvalue weighted by Gasteiger charge is 2.17. The van der Waals surface area contributed by atoms with E-state index < -0.39 is 6.10 Å². The van der Waals surface area contributed by atoms with E-state index in [2.05, 4.69) is 5.32 Å². The molecule has 0 aromatic heterocycles. The van der Waals surface area contributed by atoms with Gasteiger partial charge in [0.2, 0.25) is 5.91 Å². The Morgan fingerprint density at radius 3 is 2.57 bits per heavy atom. The molecule has 0 bridgehead atoms. The standard InChI is InChI=1S/C19H23NO3/c1-13-9-10-18(23-3)16(11-13)14(2)20-19(22)12-17(21)15-7-5-4-6-8-15/h4-11,14,17,21H,12H2,1-3H3,(H,20,22). The monoisotopic (exact) mass is 313 g/mol. The third kappa shape index (κ3) is 4.57. The molecular weight excluding hydrogens is 290 g/mol. The van der Waals surface area contributed by atoms with Gasteiger partial charge >= 0.3 is 0 Å². The Morgan fingerprint density at radius 1 is 1.22 bits per heavy atom. The Bertz CT molecular complexity index is 655. The molecule has 1 amide bonds. The first-order valence-electron chi connectivity index (χ1n) is 7.68. The van der Waals surface area contributed by atoms with Gasteiger partial charge in [-0.2, -0.15) is 0 Å². The van der Waals surface area contributed by atoms with Gasteiger partial charge in [0, 0.05) is 5.56 Å². The first kappa shape index (κ1) is 17.0. The van der Waals surface area contributed by atoms with Crippen LogP contribution in [0.25, 0.3) is 0 Å². The Morgan fingerprint density at radius 2 is 1.91 bits per heavy atom. The van der Waals surface area contributed by atoms with E-state index in [4.69, 9.17) is 4.74 Å². The molecule has 4 heteroatoms. The van der Waals surface area contributed by atoms with Crippen molar-refractivity contribution in [3.8, 4) is 5.75 Å².